The van der Waals surface area contributed by atoms with Crippen LogP contribution in [0.2, 0.25) is 16.6 Å². The first-order chi connectivity index (χ1) is 11.6. The zero-order chi connectivity index (χ0) is 18.8. The van der Waals surface area contributed by atoms with E-state index in [9.17, 15) is 8.78 Å². The number of piperidine rings is 1. The minimum atomic E-state index is -2.55. The lowest BCUT2D eigenvalue weighted by Gasteiger charge is -2.37. The van der Waals surface area contributed by atoms with Crippen LogP contribution < -0.4 is 4.90 Å². The van der Waals surface area contributed by atoms with Gasteiger partial charge in [-0.2, -0.15) is 9.36 Å². The Hall–Kier alpha value is -1.00. The second-order valence-corrected chi connectivity index (χ2v) is 14.2. The van der Waals surface area contributed by atoms with Gasteiger partial charge in [-0.3, -0.25) is 0 Å². The highest BCUT2D eigenvalue weighted by molar-refractivity contribution is 7.06. The van der Waals surface area contributed by atoms with E-state index in [-0.39, 0.29) is 12.8 Å². The smallest absolute Gasteiger partial charge is 0.251 e. The Kier molecular flexibility index (Phi) is 6.26. The monoisotopic (exact) mass is 385 g/mol. The number of halogens is 2. The molecule has 0 bridgehead atoms. The van der Waals surface area contributed by atoms with E-state index in [2.05, 4.69) is 62.4 Å². The average Bonchev–Trinajstić information content (AvgIpc) is 2.95. The molecule has 0 radical (unpaired) electrons. The summed E-state index contributed by atoms with van der Waals surface area (Å²) in [7, 11) is -1.79. The summed E-state index contributed by atoms with van der Waals surface area (Å²) in [5.74, 6) is 1.29. The topological polar surface area (TPSA) is 29.0 Å². The molecule has 0 aromatic carbocycles. The molecule has 1 saturated heterocycles. The van der Waals surface area contributed by atoms with Crippen LogP contribution in [0.5, 0.6) is 0 Å². The van der Waals surface area contributed by atoms with Crippen molar-refractivity contribution in [1.29, 1.82) is 0 Å². The lowest BCUT2D eigenvalue weighted by molar-refractivity contribution is -0.0222. The van der Waals surface area contributed by atoms with Gasteiger partial charge in [0.1, 0.15) is 8.07 Å². The zero-order valence-electron chi connectivity index (χ0n) is 16.1. The van der Waals surface area contributed by atoms with Gasteiger partial charge in [-0.25, -0.2) is 8.78 Å². The third-order valence-electron chi connectivity index (χ3n) is 5.45. The Balaban J connectivity index is 2.20. The summed E-state index contributed by atoms with van der Waals surface area (Å²) in [6.45, 7) is 14.3. The van der Waals surface area contributed by atoms with Gasteiger partial charge < -0.3 is 4.90 Å². The minimum Gasteiger partial charge on any atom is -0.340 e. The average molecular weight is 386 g/mol. The number of nitrogens with zero attached hydrogens (tertiary/aromatic N) is 3. The normalized spacial score (nSPS) is 18.0. The first-order valence-electron chi connectivity index (χ1n) is 9.08. The summed E-state index contributed by atoms with van der Waals surface area (Å²) in [6.07, 6.45) is -0.255. The molecule has 0 spiro atoms. The van der Waals surface area contributed by atoms with Crippen LogP contribution in [-0.2, 0) is 0 Å². The predicted octanol–water partition coefficient (Wildman–Crippen LogP) is 5.34. The van der Waals surface area contributed by atoms with Gasteiger partial charge in [0.15, 0.2) is 5.01 Å². The maximum atomic E-state index is 13.3. The predicted molar refractivity (Wildman–Crippen MR) is 104 cm³/mol. The first kappa shape index (κ1) is 20.3. The van der Waals surface area contributed by atoms with Gasteiger partial charge in [-0.1, -0.05) is 41.5 Å². The molecule has 1 aromatic heterocycles. The molecule has 0 N–H and O–H groups in total. The molecule has 140 valence electrons. The highest BCUT2D eigenvalue weighted by Crippen LogP contribution is 2.40. The number of alkyl halides is 2. The molecule has 1 aliphatic rings. The molecule has 0 saturated carbocycles. The quantitative estimate of drug-likeness (QED) is 0.517. The molecule has 2 heterocycles. The Labute approximate surface area is 155 Å². The van der Waals surface area contributed by atoms with Crippen LogP contribution in [0.1, 0.15) is 59.4 Å². The Morgan fingerprint density at radius 2 is 1.56 bits per heavy atom. The van der Waals surface area contributed by atoms with Crippen molar-refractivity contribution < 1.29 is 8.78 Å². The standard InChI is InChI=1S/C18H29F2N3SSi/c1-13(2)25(14(3)4,15(5)6)12-7-16-21-17(22-24-16)23-10-8-18(19,20)9-11-23/h13-15H,8-11H2,1-6H3. The third-order valence-corrected chi connectivity index (χ3v) is 12.4. The van der Waals surface area contributed by atoms with Crippen molar-refractivity contribution >= 4 is 25.6 Å². The largest absolute Gasteiger partial charge is 0.340 e. The van der Waals surface area contributed by atoms with E-state index in [4.69, 9.17) is 0 Å². The number of hydrogen-bond acceptors (Lipinski definition) is 4. The SMILES string of the molecule is CC(C)[Si](C#Cc1nc(N2CCC(F)(F)CC2)ns1)(C(C)C)C(C)C. The molecule has 2 rings (SSSR count). The highest BCUT2D eigenvalue weighted by atomic mass is 32.1. The molecule has 25 heavy (non-hydrogen) atoms. The van der Waals surface area contributed by atoms with E-state index in [0.29, 0.717) is 40.7 Å². The van der Waals surface area contributed by atoms with E-state index in [1.807, 2.05) is 4.90 Å². The summed E-state index contributed by atoms with van der Waals surface area (Å²) < 4.78 is 30.9. The van der Waals surface area contributed by atoms with Crippen molar-refractivity contribution in [2.24, 2.45) is 0 Å². The lowest BCUT2D eigenvalue weighted by atomic mass is 10.1. The van der Waals surface area contributed by atoms with E-state index in [0.717, 1.165) is 0 Å². The van der Waals surface area contributed by atoms with Gasteiger partial charge in [-0.05, 0) is 34.1 Å². The number of rotatable bonds is 4. The van der Waals surface area contributed by atoms with Crippen LogP contribution in [0.25, 0.3) is 0 Å². The van der Waals surface area contributed by atoms with Crippen LogP contribution in [0.4, 0.5) is 14.7 Å². The maximum Gasteiger partial charge on any atom is 0.251 e. The number of aromatic nitrogens is 2. The maximum absolute atomic E-state index is 13.3. The van der Waals surface area contributed by atoms with E-state index < -0.39 is 14.0 Å². The molecule has 0 aliphatic carbocycles. The zero-order valence-corrected chi connectivity index (χ0v) is 17.9. The summed E-state index contributed by atoms with van der Waals surface area (Å²) in [5, 5.41) is 0.700. The van der Waals surface area contributed by atoms with Crippen LogP contribution >= 0.6 is 11.5 Å². The Bertz CT molecular complexity index is 614. The van der Waals surface area contributed by atoms with Crippen molar-refractivity contribution in [2.45, 2.75) is 76.9 Å². The number of anilines is 1. The molecule has 1 fully saturated rings. The third kappa shape index (κ3) is 4.40. The fourth-order valence-corrected chi connectivity index (χ4v) is 9.86. The van der Waals surface area contributed by atoms with Crippen molar-refractivity contribution in [3.05, 3.63) is 5.01 Å². The first-order valence-corrected chi connectivity index (χ1v) is 12.1. The second-order valence-electron chi connectivity index (χ2n) is 7.89. The fourth-order valence-electron chi connectivity index (χ4n) is 4.02. The number of hydrogen-bond donors (Lipinski definition) is 0. The van der Waals surface area contributed by atoms with E-state index in [1.54, 1.807) is 0 Å². The molecular formula is C18H29F2N3SSi. The highest BCUT2D eigenvalue weighted by Gasteiger charge is 2.41. The molecule has 7 heteroatoms. The second kappa shape index (κ2) is 7.71. The van der Waals surface area contributed by atoms with Gasteiger partial charge in [0.25, 0.3) is 5.92 Å². The molecule has 1 aliphatic heterocycles. The van der Waals surface area contributed by atoms with Crippen LogP contribution in [0, 0.1) is 11.5 Å². The summed E-state index contributed by atoms with van der Waals surface area (Å²) in [4.78, 5) is 6.34. The van der Waals surface area contributed by atoms with Gasteiger partial charge in [-0.15, -0.1) is 5.54 Å². The summed E-state index contributed by atoms with van der Waals surface area (Å²) in [5.41, 5.74) is 5.33. The van der Waals surface area contributed by atoms with Crippen molar-refractivity contribution in [3.63, 3.8) is 0 Å². The molecule has 0 unspecified atom stereocenters. The summed E-state index contributed by atoms with van der Waals surface area (Å²) >= 11 is 1.28. The Morgan fingerprint density at radius 3 is 2.04 bits per heavy atom. The fraction of sp³-hybridized carbons (Fsp3) is 0.778. The van der Waals surface area contributed by atoms with Gasteiger partial charge in [0.2, 0.25) is 5.95 Å². The van der Waals surface area contributed by atoms with E-state index >= 15 is 0 Å². The van der Waals surface area contributed by atoms with Crippen LogP contribution in [0.15, 0.2) is 0 Å². The Morgan fingerprint density at radius 1 is 1.04 bits per heavy atom. The van der Waals surface area contributed by atoms with Crippen molar-refractivity contribution in [1.82, 2.24) is 9.36 Å². The minimum absolute atomic E-state index is 0.128. The molecule has 3 nitrogen and oxygen atoms in total. The molecule has 0 amide bonds. The lowest BCUT2D eigenvalue weighted by Crippen LogP contribution is -2.43. The van der Waals surface area contributed by atoms with Crippen LogP contribution in [0.3, 0.4) is 0 Å². The van der Waals surface area contributed by atoms with Crippen molar-refractivity contribution in [2.75, 3.05) is 18.0 Å². The van der Waals surface area contributed by atoms with Gasteiger partial charge in [0, 0.05) is 25.9 Å². The van der Waals surface area contributed by atoms with Crippen LogP contribution in [-0.4, -0.2) is 36.4 Å². The van der Waals surface area contributed by atoms with E-state index in [1.165, 1.54) is 11.5 Å². The molecule has 1 aromatic rings. The summed E-state index contributed by atoms with van der Waals surface area (Å²) in [6, 6.07) is 0. The molecular weight excluding hydrogens is 356 g/mol. The van der Waals surface area contributed by atoms with Gasteiger partial charge >= 0.3 is 0 Å². The van der Waals surface area contributed by atoms with Crippen molar-refractivity contribution in [3.8, 4) is 11.5 Å². The molecule has 0 atom stereocenters. The van der Waals surface area contributed by atoms with Gasteiger partial charge in [0.05, 0.1) is 0 Å².